The predicted octanol–water partition coefficient (Wildman–Crippen LogP) is 4.17. The molecule has 7 rings (SSSR count). The van der Waals surface area contributed by atoms with Crippen molar-refractivity contribution in [2.24, 2.45) is 28.3 Å². The number of fused-ring (bicyclic) bond motifs is 1. The number of carbonyl (C=O) groups excluding carboxylic acids is 2. The number of benzene rings is 1. The zero-order valence-electron chi connectivity index (χ0n) is 20.0. The summed E-state index contributed by atoms with van der Waals surface area (Å²) in [5, 5.41) is 7.24. The van der Waals surface area contributed by atoms with Gasteiger partial charge < -0.3 is 5.32 Å². The molecule has 0 aliphatic heterocycles. The van der Waals surface area contributed by atoms with Crippen molar-refractivity contribution >= 4 is 23.7 Å². The Bertz CT molecular complexity index is 1260. The summed E-state index contributed by atoms with van der Waals surface area (Å²) < 4.78 is 1.94. The van der Waals surface area contributed by atoms with E-state index in [2.05, 4.69) is 15.8 Å². The van der Waals surface area contributed by atoms with E-state index in [0.29, 0.717) is 17.8 Å². The third-order valence-electron chi connectivity index (χ3n) is 8.24. The fraction of sp³-hybridized carbons (Fsp3) is 0.429. The normalized spacial score (nSPS) is 27.9. The lowest BCUT2D eigenvalue weighted by Crippen LogP contribution is -2.56. The number of carbonyl (C=O) groups is 2. The van der Waals surface area contributed by atoms with Crippen LogP contribution in [0.15, 0.2) is 59.8 Å². The van der Waals surface area contributed by atoms with Gasteiger partial charge in [-0.3, -0.25) is 14.0 Å². The molecule has 0 radical (unpaired) electrons. The minimum atomic E-state index is -0.650. The van der Waals surface area contributed by atoms with Gasteiger partial charge in [0.25, 0.3) is 5.91 Å². The molecule has 2 aromatic heterocycles. The number of hydrogen-bond donors (Lipinski definition) is 2. The number of hydrogen-bond acceptors (Lipinski definition) is 4. The van der Waals surface area contributed by atoms with Crippen LogP contribution in [0.2, 0.25) is 0 Å². The maximum absolute atomic E-state index is 13.3. The van der Waals surface area contributed by atoms with E-state index in [1.807, 2.05) is 59.1 Å². The monoisotopic (exact) mass is 469 g/mol. The van der Waals surface area contributed by atoms with Crippen LogP contribution >= 0.6 is 0 Å². The van der Waals surface area contributed by atoms with Gasteiger partial charge in [-0.05, 0) is 75.3 Å². The number of pyridine rings is 1. The Morgan fingerprint density at radius 3 is 2.37 bits per heavy atom. The molecule has 7 nitrogen and oxygen atoms in total. The molecule has 3 aromatic rings. The molecule has 0 spiro atoms. The minimum Gasteiger partial charge on any atom is -0.344 e. The van der Waals surface area contributed by atoms with Crippen LogP contribution in [-0.2, 0) is 9.59 Å². The average Bonchev–Trinajstić information content (AvgIpc) is 3.22. The van der Waals surface area contributed by atoms with Crippen molar-refractivity contribution in [3.05, 3.63) is 60.4 Å². The highest BCUT2D eigenvalue weighted by molar-refractivity contribution is 5.92. The van der Waals surface area contributed by atoms with E-state index in [1.165, 1.54) is 19.3 Å². The van der Waals surface area contributed by atoms with Crippen LogP contribution in [0, 0.1) is 23.2 Å². The molecule has 1 unspecified atom stereocenters. The second-order valence-electron chi connectivity index (χ2n) is 10.8. The number of aromatic nitrogens is 2. The molecular weight excluding hydrogens is 438 g/mol. The maximum Gasteiger partial charge on any atom is 0.262 e. The first kappa shape index (κ1) is 22.0. The summed E-state index contributed by atoms with van der Waals surface area (Å²) in [7, 11) is 0. The molecule has 4 bridgehead atoms. The minimum absolute atomic E-state index is 0.0522. The van der Waals surface area contributed by atoms with Crippen molar-refractivity contribution in [1.82, 2.24) is 20.1 Å². The Hall–Kier alpha value is -3.48. The average molecular weight is 470 g/mol. The zero-order valence-corrected chi connectivity index (χ0v) is 20.0. The van der Waals surface area contributed by atoms with Crippen molar-refractivity contribution in [1.29, 1.82) is 0 Å². The Kier molecular flexibility index (Phi) is 5.43. The second-order valence-corrected chi connectivity index (χ2v) is 10.8. The molecule has 1 atom stereocenters. The molecule has 180 valence electrons. The van der Waals surface area contributed by atoms with Gasteiger partial charge in [0.1, 0.15) is 11.7 Å². The third-order valence-corrected chi connectivity index (χ3v) is 8.24. The number of nitrogens with one attached hydrogen (secondary N) is 2. The Labute approximate surface area is 205 Å². The Morgan fingerprint density at radius 2 is 1.69 bits per heavy atom. The van der Waals surface area contributed by atoms with Gasteiger partial charge in [-0.15, -0.1) is 0 Å². The third kappa shape index (κ3) is 4.03. The molecule has 4 aliphatic carbocycles. The van der Waals surface area contributed by atoms with Crippen LogP contribution in [0.5, 0.6) is 0 Å². The standard InChI is InChI=1S/C28H31N5O2/c1-18(30-27(35)28-14-19-11-20(15-28)13-21(12-19)16-28)26(34)32-29-17-23-25(22-7-3-2-4-8-22)31-24-9-5-6-10-33(23)24/h2-10,17-21H,11-16H2,1H3,(H,30,35)(H,32,34)/b29-17+. The van der Waals surface area contributed by atoms with Gasteiger partial charge in [-0.25, -0.2) is 10.4 Å². The van der Waals surface area contributed by atoms with Crippen molar-refractivity contribution in [3.63, 3.8) is 0 Å². The van der Waals surface area contributed by atoms with Crippen LogP contribution < -0.4 is 10.7 Å². The van der Waals surface area contributed by atoms with Gasteiger partial charge >= 0.3 is 0 Å². The van der Waals surface area contributed by atoms with Crippen LogP contribution in [-0.4, -0.2) is 33.5 Å². The van der Waals surface area contributed by atoms with Gasteiger partial charge in [0.2, 0.25) is 5.91 Å². The summed E-state index contributed by atoms with van der Waals surface area (Å²) in [6.45, 7) is 1.73. The van der Waals surface area contributed by atoms with E-state index in [1.54, 1.807) is 13.1 Å². The Balaban J connectivity index is 1.15. The lowest BCUT2D eigenvalue weighted by molar-refractivity contribution is -0.148. The van der Waals surface area contributed by atoms with Crippen LogP contribution in [0.3, 0.4) is 0 Å². The fourth-order valence-electron chi connectivity index (χ4n) is 7.00. The highest BCUT2D eigenvalue weighted by atomic mass is 16.2. The number of amides is 2. The lowest BCUT2D eigenvalue weighted by Gasteiger charge is -2.55. The van der Waals surface area contributed by atoms with E-state index in [-0.39, 0.29) is 17.2 Å². The number of rotatable bonds is 6. The summed E-state index contributed by atoms with van der Waals surface area (Å²) in [4.78, 5) is 30.8. The van der Waals surface area contributed by atoms with E-state index in [0.717, 1.165) is 41.9 Å². The van der Waals surface area contributed by atoms with E-state index in [9.17, 15) is 9.59 Å². The molecule has 4 saturated carbocycles. The molecule has 35 heavy (non-hydrogen) atoms. The molecule has 1 aromatic carbocycles. The van der Waals surface area contributed by atoms with E-state index in [4.69, 9.17) is 4.98 Å². The molecule has 2 N–H and O–H groups in total. The first-order chi connectivity index (χ1) is 17.0. The maximum atomic E-state index is 13.3. The molecule has 2 amide bonds. The van der Waals surface area contributed by atoms with Crippen LogP contribution in [0.1, 0.15) is 51.1 Å². The first-order valence-corrected chi connectivity index (χ1v) is 12.7. The van der Waals surface area contributed by atoms with Gasteiger partial charge in [0.15, 0.2) is 0 Å². The highest BCUT2D eigenvalue weighted by Crippen LogP contribution is 2.60. The quantitative estimate of drug-likeness (QED) is 0.420. The Morgan fingerprint density at radius 1 is 1.03 bits per heavy atom. The van der Waals surface area contributed by atoms with Crippen molar-refractivity contribution in [2.45, 2.75) is 51.5 Å². The largest absolute Gasteiger partial charge is 0.344 e. The zero-order chi connectivity index (χ0) is 24.0. The molecular formula is C28H31N5O2. The predicted molar refractivity (Wildman–Crippen MR) is 135 cm³/mol. The van der Waals surface area contributed by atoms with Gasteiger partial charge in [0, 0.05) is 17.2 Å². The lowest BCUT2D eigenvalue weighted by atomic mass is 9.49. The first-order valence-electron chi connectivity index (χ1n) is 12.7. The summed E-state index contributed by atoms with van der Waals surface area (Å²) >= 11 is 0. The van der Waals surface area contributed by atoms with Crippen molar-refractivity contribution in [2.75, 3.05) is 0 Å². The van der Waals surface area contributed by atoms with Crippen LogP contribution in [0.25, 0.3) is 16.9 Å². The van der Waals surface area contributed by atoms with Gasteiger partial charge in [-0.2, -0.15) is 5.10 Å². The smallest absolute Gasteiger partial charge is 0.262 e. The SMILES string of the molecule is CC(NC(=O)C12CC3CC(CC(C3)C1)C2)C(=O)N/N=C/c1c(-c2ccccc2)nc2ccccn12. The van der Waals surface area contributed by atoms with Gasteiger partial charge in [-0.1, -0.05) is 36.4 Å². The number of nitrogens with zero attached hydrogens (tertiary/aromatic N) is 3. The number of hydrazone groups is 1. The second kappa shape index (κ2) is 8.63. The topological polar surface area (TPSA) is 87.9 Å². The molecule has 4 fully saturated rings. The fourth-order valence-corrected chi connectivity index (χ4v) is 7.00. The van der Waals surface area contributed by atoms with Crippen molar-refractivity contribution in [3.8, 4) is 11.3 Å². The summed E-state index contributed by atoms with van der Waals surface area (Å²) in [6.07, 6.45) is 10.3. The summed E-state index contributed by atoms with van der Waals surface area (Å²) in [5.41, 5.74) is 5.69. The molecule has 4 aliphatic rings. The molecule has 2 heterocycles. The number of imidazole rings is 1. The van der Waals surface area contributed by atoms with Crippen LogP contribution in [0.4, 0.5) is 0 Å². The van der Waals surface area contributed by atoms with Crippen molar-refractivity contribution < 1.29 is 9.59 Å². The van der Waals surface area contributed by atoms with E-state index < -0.39 is 6.04 Å². The van der Waals surface area contributed by atoms with Gasteiger partial charge in [0.05, 0.1) is 17.6 Å². The molecule has 7 heteroatoms. The highest BCUT2D eigenvalue weighted by Gasteiger charge is 2.54. The summed E-state index contributed by atoms with van der Waals surface area (Å²) in [6, 6.07) is 15.1. The molecule has 0 saturated heterocycles. The summed E-state index contributed by atoms with van der Waals surface area (Å²) in [5.74, 6) is 1.78. The van der Waals surface area contributed by atoms with E-state index >= 15 is 0 Å².